The first kappa shape index (κ1) is 22.2. The molecule has 0 saturated heterocycles. The van der Waals surface area contributed by atoms with Crippen LogP contribution in [0.4, 0.5) is 13.2 Å². The molecule has 6 nitrogen and oxygen atoms in total. The number of carboxylic acids is 1. The summed E-state index contributed by atoms with van der Waals surface area (Å²) in [4.78, 5) is 35.2. The molecule has 0 radical (unpaired) electrons. The highest BCUT2D eigenvalue weighted by atomic mass is 19.3. The van der Waals surface area contributed by atoms with Gasteiger partial charge in [-0.25, -0.2) is 14.0 Å². The normalized spacial score (nSPS) is 13.0. The van der Waals surface area contributed by atoms with E-state index in [4.69, 9.17) is 4.74 Å². The third-order valence-electron chi connectivity index (χ3n) is 4.74. The van der Waals surface area contributed by atoms with Crippen molar-refractivity contribution >= 4 is 23.7 Å². The Kier molecular flexibility index (Phi) is 6.84. The summed E-state index contributed by atoms with van der Waals surface area (Å²) in [6.07, 6.45) is -0.968. The minimum atomic E-state index is -2.60. The quantitative estimate of drug-likeness (QED) is 0.529. The van der Waals surface area contributed by atoms with Crippen molar-refractivity contribution in [1.82, 2.24) is 0 Å². The molecular weight excluding hydrogens is 393 g/mol. The molecule has 0 atom stereocenters. The van der Waals surface area contributed by atoms with E-state index in [0.717, 1.165) is 0 Å². The number of rotatable bonds is 7. The second-order valence-electron chi connectivity index (χ2n) is 6.49. The molecule has 2 rings (SSSR count). The van der Waals surface area contributed by atoms with Gasteiger partial charge < -0.3 is 14.6 Å². The van der Waals surface area contributed by atoms with Gasteiger partial charge in [0.25, 0.3) is 0 Å². The van der Waals surface area contributed by atoms with E-state index in [2.05, 4.69) is 4.74 Å². The smallest absolute Gasteiger partial charge is 0.339 e. The Balaban J connectivity index is 2.65. The SMILES string of the molecule is COC(=O)CCC(C)=CCc1c(C(F)=C(F)F)c(C)c2c(c1C(=O)O)C(=O)OC2. The lowest BCUT2D eigenvalue weighted by molar-refractivity contribution is -0.140. The fraction of sp³-hybridized carbons (Fsp3) is 0.350. The molecular formula is C20H19F3O6. The minimum absolute atomic E-state index is 0.0248. The fourth-order valence-electron chi connectivity index (χ4n) is 3.22. The number of allylic oxidation sites excluding steroid dienone is 2. The number of halogens is 3. The van der Waals surface area contributed by atoms with Gasteiger partial charge in [-0.1, -0.05) is 11.6 Å². The number of carbonyl (C=O) groups excluding carboxylic acids is 2. The van der Waals surface area contributed by atoms with Crippen LogP contribution in [0, 0.1) is 6.92 Å². The van der Waals surface area contributed by atoms with Gasteiger partial charge in [0.2, 0.25) is 0 Å². The topological polar surface area (TPSA) is 89.9 Å². The van der Waals surface area contributed by atoms with Crippen LogP contribution in [-0.4, -0.2) is 30.1 Å². The Bertz CT molecular complexity index is 942. The number of hydrogen-bond acceptors (Lipinski definition) is 5. The third kappa shape index (κ3) is 4.49. The van der Waals surface area contributed by atoms with Gasteiger partial charge in [0.1, 0.15) is 6.61 Å². The van der Waals surface area contributed by atoms with Gasteiger partial charge in [0.05, 0.1) is 18.2 Å². The van der Waals surface area contributed by atoms with Crippen LogP contribution in [0.5, 0.6) is 0 Å². The average Bonchev–Trinajstić information content (AvgIpc) is 3.05. The van der Waals surface area contributed by atoms with Gasteiger partial charge in [-0.3, -0.25) is 4.79 Å². The summed E-state index contributed by atoms with van der Waals surface area (Å²) in [5.41, 5.74) is -0.876. The Morgan fingerprint density at radius 2 is 1.86 bits per heavy atom. The number of carbonyl (C=O) groups is 3. The molecule has 1 aliphatic heterocycles. The number of aromatic carboxylic acids is 1. The number of cyclic esters (lactones) is 1. The Morgan fingerprint density at radius 1 is 1.21 bits per heavy atom. The molecule has 1 aliphatic rings. The highest BCUT2D eigenvalue weighted by molar-refractivity contribution is 6.07. The van der Waals surface area contributed by atoms with E-state index in [1.807, 2.05) is 0 Å². The van der Waals surface area contributed by atoms with Gasteiger partial charge >= 0.3 is 24.0 Å². The second-order valence-corrected chi connectivity index (χ2v) is 6.49. The van der Waals surface area contributed by atoms with Crippen molar-refractivity contribution in [1.29, 1.82) is 0 Å². The van der Waals surface area contributed by atoms with E-state index >= 15 is 0 Å². The van der Waals surface area contributed by atoms with Gasteiger partial charge in [-0.15, -0.1) is 0 Å². The maximum Gasteiger partial charge on any atom is 0.339 e. The lowest BCUT2D eigenvalue weighted by atomic mass is 9.85. The molecule has 0 fully saturated rings. The van der Waals surface area contributed by atoms with Crippen LogP contribution < -0.4 is 0 Å². The standard InChI is InChI=1S/C20H19F3O6/c1-9(5-7-13(24)28-3)4-6-11-14(17(21)18(22)23)10(2)12-8-29-20(27)16(12)15(11)19(25)26/h4H,5-8H2,1-3H3,(H,25,26). The number of esters is 2. The zero-order valence-electron chi connectivity index (χ0n) is 16.0. The van der Waals surface area contributed by atoms with Crippen molar-refractivity contribution in [3.63, 3.8) is 0 Å². The second kappa shape index (κ2) is 8.93. The van der Waals surface area contributed by atoms with Gasteiger partial charge in [0.15, 0.2) is 5.83 Å². The summed E-state index contributed by atoms with van der Waals surface area (Å²) in [5.74, 6) is -4.74. The molecule has 1 aromatic carbocycles. The lowest BCUT2D eigenvalue weighted by Crippen LogP contribution is -2.14. The van der Waals surface area contributed by atoms with E-state index < -0.39 is 40.9 Å². The summed E-state index contributed by atoms with van der Waals surface area (Å²) in [7, 11) is 1.24. The Morgan fingerprint density at radius 3 is 2.41 bits per heavy atom. The van der Waals surface area contributed by atoms with Crippen LogP contribution in [-0.2, 0) is 27.3 Å². The molecule has 0 spiro atoms. The molecule has 29 heavy (non-hydrogen) atoms. The monoisotopic (exact) mass is 412 g/mol. The molecule has 9 heteroatoms. The summed E-state index contributed by atoms with van der Waals surface area (Å²) < 4.78 is 49.9. The number of benzene rings is 1. The number of methoxy groups -OCH3 is 1. The van der Waals surface area contributed by atoms with Crippen molar-refractivity contribution in [3.05, 3.63) is 51.1 Å². The first-order chi connectivity index (χ1) is 13.6. The van der Waals surface area contributed by atoms with E-state index in [-0.39, 0.29) is 48.1 Å². The van der Waals surface area contributed by atoms with Crippen molar-refractivity contribution < 1.29 is 42.1 Å². The largest absolute Gasteiger partial charge is 0.478 e. The molecule has 0 bridgehead atoms. The molecule has 0 saturated carbocycles. The number of fused-ring (bicyclic) bond motifs is 1. The van der Waals surface area contributed by atoms with Crippen LogP contribution >= 0.6 is 0 Å². The van der Waals surface area contributed by atoms with Gasteiger partial charge in [-0.05, 0) is 37.8 Å². The maximum absolute atomic E-state index is 14.3. The van der Waals surface area contributed by atoms with E-state index in [9.17, 15) is 32.7 Å². The minimum Gasteiger partial charge on any atom is -0.478 e. The molecule has 0 unspecified atom stereocenters. The average molecular weight is 412 g/mol. The zero-order chi connectivity index (χ0) is 21.9. The Labute approximate surface area is 164 Å². The molecule has 0 aliphatic carbocycles. The van der Waals surface area contributed by atoms with Crippen LogP contribution in [0.3, 0.4) is 0 Å². The first-order valence-electron chi connectivity index (χ1n) is 8.62. The summed E-state index contributed by atoms with van der Waals surface area (Å²) >= 11 is 0. The van der Waals surface area contributed by atoms with Gasteiger partial charge in [0, 0.05) is 17.5 Å². The Hall–Kier alpha value is -3.10. The van der Waals surface area contributed by atoms with Crippen molar-refractivity contribution in [3.8, 4) is 0 Å². The van der Waals surface area contributed by atoms with Crippen molar-refractivity contribution in [2.75, 3.05) is 7.11 Å². The third-order valence-corrected chi connectivity index (χ3v) is 4.74. The predicted molar refractivity (Wildman–Crippen MR) is 96.2 cm³/mol. The number of carboxylic acid groups (broad SMARTS) is 1. The van der Waals surface area contributed by atoms with E-state index in [0.29, 0.717) is 5.57 Å². The molecule has 0 amide bonds. The summed E-state index contributed by atoms with van der Waals surface area (Å²) in [6.45, 7) is 2.67. The molecule has 1 heterocycles. The molecule has 156 valence electrons. The lowest BCUT2D eigenvalue weighted by Gasteiger charge is -2.17. The highest BCUT2D eigenvalue weighted by Crippen LogP contribution is 2.39. The molecule has 0 aromatic heterocycles. The number of hydrogen-bond donors (Lipinski definition) is 1. The first-order valence-corrected chi connectivity index (χ1v) is 8.62. The predicted octanol–water partition coefficient (Wildman–Crippen LogP) is 4.34. The summed E-state index contributed by atoms with van der Waals surface area (Å²) in [5, 5.41) is 9.64. The van der Waals surface area contributed by atoms with E-state index in [1.165, 1.54) is 20.1 Å². The van der Waals surface area contributed by atoms with Crippen LogP contribution in [0.2, 0.25) is 0 Å². The molecule has 1 N–H and O–H groups in total. The van der Waals surface area contributed by atoms with Crippen LogP contribution in [0.15, 0.2) is 17.7 Å². The highest BCUT2D eigenvalue weighted by Gasteiger charge is 2.35. The maximum atomic E-state index is 14.3. The van der Waals surface area contributed by atoms with Crippen molar-refractivity contribution in [2.24, 2.45) is 0 Å². The van der Waals surface area contributed by atoms with E-state index in [1.54, 1.807) is 6.92 Å². The summed E-state index contributed by atoms with van der Waals surface area (Å²) in [6, 6.07) is 0. The van der Waals surface area contributed by atoms with Crippen molar-refractivity contribution in [2.45, 2.75) is 39.7 Å². The van der Waals surface area contributed by atoms with Crippen LogP contribution in [0.25, 0.3) is 5.83 Å². The van der Waals surface area contributed by atoms with Crippen LogP contribution in [0.1, 0.15) is 62.7 Å². The zero-order valence-corrected chi connectivity index (χ0v) is 16.0. The fourth-order valence-corrected chi connectivity index (χ4v) is 3.22. The van der Waals surface area contributed by atoms with Gasteiger partial charge in [-0.2, -0.15) is 8.78 Å². The molecule has 1 aromatic rings. The number of ether oxygens (including phenoxy) is 2.